The molecule has 4 unspecified atom stereocenters. The van der Waals surface area contributed by atoms with E-state index in [1.165, 1.54) is 22.5 Å². The lowest BCUT2D eigenvalue weighted by Gasteiger charge is -2.54. The van der Waals surface area contributed by atoms with Gasteiger partial charge in [-0.3, -0.25) is 9.59 Å². The Morgan fingerprint density at radius 3 is 2.14 bits per heavy atom. The first-order chi connectivity index (χ1) is 20.7. The summed E-state index contributed by atoms with van der Waals surface area (Å²) in [7, 11) is 1.45. The molecule has 0 bridgehead atoms. The van der Waals surface area contributed by atoms with Crippen LogP contribution >= 0.6 is 0 Å². The van der Waals surface area contributed by atoms with Gasteiger partial charge in [0.2, 0.25) is 0 Å². The van der Waals surface area contributed by atoms with Crippen molar-refractivity contribution in [2.75, 3.05) is 0 Å². The smallest absolute Gasteiger partial charge is 0.347 e. The number of aryl methyl sites for hydroxylation is 2. The summed E-state index contributed by atoms with van der Waals surface area (Å²) in [6, 6.07) is 21.8. The molecule has 8 nitrogen and oxygen atoms in total. The monoisotopic (exact) mass is 573 g/mol. The number of hydrogen-bond acceptors (Lipinski definition) is 5. The predicted octanol–water partition coefficient (Wildman–Crippen LogP) is 4.13. The average Bonchev–Trinajstić information content (AvgIpc) is 3.24. The number of fused-ring (bicyclic) bond motifs is 4. The summed E-state index contributed by atoms with van der Waals surface area (Å²) in [6.07, 6.45) is 3.62. The quantitative estimate of drug-likeness (QED) is 0.372. The van der Waals surface area contributed by atoms with Crippen LogP contribution in [0, 0.1) is 19.8 Å². The number of Topliss-reactive ketones (excluding diaryl/α,β-unsaturated/α-hetero) is 1. The first-order valence-corrected chi connectivity index (χ1v) is 14.5. The van der Waals surface area contributed by atoms with Crippen LogP contribution in [0.4, 0.5) is 0 Å². The number of carbonyl (C=O) groups excluding carboxylic acids is 2. The molecule has 0 radical (unpaired) electrons. The van der Waals surface area contributed by atoms with Crippen LogP contribution in [-0.2, 0) is 28.6 Å². The highest BCUT2D eigenvalue weighted by atomic mass is 16.3. The summed E-state index contributed by atoms with van der Waals surface area (Å²) in [5, 5.41) is 10.7. The minimum absolute atomic E-state index is 0.163. The largest absolute Gasteiger partial charge is 0.507 e. The van der Waals surface area contributed by atoms with E-state index in [1.807, 2.05) is 92.7 Å². The Bertz CT molecular complexity index is 1990. The van der Waals surface area contributed by atoms with Crippen LogP contribution < -0.4 is 11.4 Å². The van der Waals surface area contributed by atoms with E-state index in [0.29, 0.717) is 22.3 Å². The molecule has 1 saturated carbocycles. The predicted molar refractivity (Wildman–Crippen MR) is 162 cm³/mol. The molecule has 1 aromatic heterocycles. The summed E-state index contributed by atoms with van der Waals surface area (Å²) in [5.41, 5.74) is 2.42. The molecule has 2 heterocycles. The first-order valence-electron chi connectivity index (χ1n) is 14.5. The van der Waals surface area contributed by atoms with Gasteiger partial charge >= 0.3 is 11.4 Å². The summed E-state index contributed by atoms with van der Waals surface area (Å²) < 4.78 is 3.97. The number of carbonyl (C=O) groups is 2. The standard InChI is InChI=1S/C35H31N3O5/c1-20-16-23(17-21(2)31(20)40)30-25-14-15-37-33(42)36(3)34(43)38(37)28(25)19-27-32(41)26(22-10-6-4-7-11-22)18-29(39)35(27,30)24-12-8-5-9-13-24/h4-14,16-18,27-28,30,40H,15,19H2,1-3H3. The van der Waals surface area contributed by atoms with Gasteiger partial charge in [0.25, 0.3) is 0 Å². The topological polar surface area (TPSA) is 103 Å². The van der Waals surface area contributed by atoms with Crippen molar-refractivity contribution in [1.82, 2.24) is 13.9 Å². The van der Waals surface area contributed by atoms with Gasteiger partial charge in [-0.1, -0.05) is 78.9 Å². The fourth-order valence-electron chi connectivity index (χ4n) is 7.78. The van der Waals surface area contributed by atoms with Crippen molar-refractivity contribution in [3.63, 3.8) is 0 Å². The molecular formula is C35H31N3O5. The van der Waals surface area contributed by atoms with Crippen LogP contribution in [0.2, 0.25) is 0 Å². The van der Waals surface area contributed by atoms with Gasteiger partial charge in [-0.05, 0) is 59.7 Å². The van der Waals surface area contributed by atoms with Gasteiger partial charge in [0.05, 0.1) is 18.0 Å². The van der Waals surface area contributed by atoms with E-state index in [0.717, 1.165) is 21.3 Å². The summed E-state index contributed by atoms with van der Waals surface area (Å²) in [6.45, 7) is 3.79. The fraction of sp³-hybridized carbons (Fsp3) is 0.257. The molecular weight excluding hydrogens is 542 g/mol. The third-order valence-corrected chi connectivity index (χ3v) is 9.68. The van der Waals surface area contributed by atoms with E-state index in [1.54, 1.807) is 0 Å². The zero-order valence-electron chi connectivity index (χ0n) is 24.2. The molecule has 43 heavy (non-hydrogen) atoms. The highest BCUT2D eigenvalue weighted by molar-refractivity contribution is 6.31. The Labute approximate surface area is 247 Å². The Morgan fingerprint density at radius 2 is 1.49 bits per heavy atom. The zero-order valence-corrected chi connectivity index (χ0v) is 24.2. The van der Waals surface area contributed by atoms with Crippen molar-refractivity contribution in [3.05, 3.63) is 139 Å². The Kier molecular flexibility index (Phi) is 5.95. The first kappa shape index (κ1) is 26.9. The maximum atomic E-state index is 14.9. The van der Waals surface area contributed by atoms with E-state index in [4.69, 9.17) is 0 Å². The molecule has 7 rings (SSSR count). The molecule has 4 atom stereocenters. The lowest BCUT2D eigenvalue weighted by atomic mass is 9.47. The summed E-state index contributed by atoms with van der Waals surface area (Å²) in [4.78, 5) is 56.2. The highest BCUT2D eigenvalue weighted by Crippen LogP contribution is 2.61. The zero-order chi connectivity index (χ0) is 30.2. The maximum Gasteiger partial charge on any atom is 0.347 e. The van der Waals surface area contributed by atoms with Crippen LogP contribution in [0.3, 0.4) is 0 Å². The normalized spacial score (nSPS) is 24.5. The second kappa shape index (κ2) is 9.52. The van der Waals surface area contributed by atoms with E-state index in [2.05, 4.69) is 0 Å². The third-order valence-electron chi connectivity index (χ3n) is 9.68. The molecule has 1 fully saturated rings. The minimum Gasteiger partial charge on any atom is -0.507 e. The number of phenolic OH excluding ortho intramolecular Hbond substituents is 1. The van der Waals surface area contributed by atoms with Crippen molar-refractivity contribution < 1.29 is 14.7 Å². The molecule has 1 N–H and O–H groups in total. The molecule has 3 aromatic carbocycles. The van der Waals surface area contributed by atoms with Crippen LogP contribution in [0.5, 0.6) is 5.75 Å². The van der Waals surface area contributed by atoms with Gasteiger partial charge < -0.3 is 5.11 Å². The Balaban J connectivity index is 1.58. The van der Waals surface area contributed by atoms with Crippen molar-refractivity contribution in [1.29, 1.82) is 0 Å². The number of nitrogens with zero attached hydrogens (tertiary/aromatic N) is 3. The minimum atomic E-state index is -1.31. The third kappa shape index (κ3) is 3.62. The van der Waals surface area contributed by atoms with E-state index in [9.17, 15) is 24.3 Å². The van der Waals surface area contributed by atoms with E-state index in [-0.39, 0.29) is 30.3 Å². The van der Waals surface area contributed by atoms with Gasteiger partial charge in [0.15, 0.2) is 11.6 Å². The average molecular weight is 574 g/mol. The van der Waals surface area contributed by atoms with E-state index >= 15 is 0 Å². The second-order valence-electron chi connectivity index (χ2n) is 11.9. The maximum absolute atomic E-state index is 14.9. The number of rotatable bonds is 3. The number of allylic oxidation sites excluding steroid dienone is 4. The van der Waals surface area contributed by atoms with Crippen molar-refractivity contribution >= 4 is 17.1 Å². The van der Waals surface area contributed by atoms with Gasteiger partial charge in [0, 0.05) is 24.5 Å². The van der Waals surface area contributed by atoms with E-state index < -0.39 is 34.7 Å². The van der Waals surface area contributed by atoms with Crippen molar-refractivity contribution in [3.8, 4) is 5.75 Å². The molecule has 4 aromatic rings. The second-order valence-corrected chi connectivity index (χ2v) is 11.9. The molecule has 216 valence electrons. The van der Waals surface area contributed by atoms with Crippen LogP contribution in [0.1, 0.15) is 46.2 Å². The number of aromatic nitrogens is 3. The van der Waals surface area contributed by atoms with Gasteiger partial charge in [-0.2, -0.15) is 0 Å². The van der Waals surface area contributed by atoms with Crippen LogP contribution in [0.15, 0.2) is 100 Å². The number of benzene rings is 3. The van der Waals surface area contributed by atoms with Crippen molar-refractivity contribution in [2.24, 2.45) is 13.0 Å². The number of phenols is 1. The molecule has 2 aliphatic carbocycles. The SMILES string of the molecule is Cc1cc(C2C3=CCn4c(=O)n(C)c(=O)n4C3CC3C(=O)C(c4ccccc4)=CC(=O)C32c2ccccc2)cc(C)c1O. The lowest BCUT2D eigenvalue weighted by molar-refractivity contribution is -0.133. The number of hydrogen-bond donors (Lipinski definition) is 1. The van der Waals surface area contributed by atoms with Gasteiger partial charge in [-0.25, -0.2) is 23.5 Å². The van der Waals surface area contributed by atoms with Crippen molar-refractivity contribution in [2.45, 2.75) is 44.2 Å². The molecule has 3 aliphatic rings. The lowest BCUT2D eigenvalue weighted by Crippen LogP contribution is -2.58. The fourth-order valence-corrected chi connectivity index (χ4v) is 7.78. The number of aromatic hydroxyl groups is 1. The van der Waals surface area contributed by atoms with Crippen LogP contribution in [-0.4, -0.2) is 30.6 Å². The molecule has 1 aliphatic heterocycles. The summed E-state index contributed by atoms with van der Waals surface area (Å²) in [5.74, 6) is -1.66. The van der Waals surface area contributed by atoms with Gasteiger partial charge in [0.1, 0.15) is 5.75 Å². The Hall–Kier alpha value is -4.98. The highest BCUT2D eigenvalue weighted by Gasteiger charge is 2.63. The summed E-state index contributed by atoms with van der Waals surface area (Å²) >= 11 is 0. The van der Waals surface area contributed by atoms with Crippen LogP contribution in [0.25, 0.3) is 5.57 Å². The molecule has 0 saturated heterocycles. The van der Waals surface area contributed by atoms with Gasteiger partial charge in [-0.15, -0.1) is 0 Å². The molecule has 0 spiro atoms. The molecule has 8 heteroatoms. The molecule has 0 amide bonds. The number of ketones is 2. The Morgan fingerprint density at radius 1 is 0.860 bits per heavy atom.